The van der Waals surface area contributed by atoms with Crippen molar-refractivity contribution >= 4 is 45.1 Å². The van der Waals surface area contributed by atoms with Gasteiger partial charge in [-0.15, -0.1) is 11.3 Å². The molecule has 0 saturated heterocycles. The number of Topliss-reactive ketones (excluding diaryl/α,β-unsaturated/α-hetero) is 1. The Balaban J connectivity index is 1.54. The van der Waals surface area contributed by atoms with E-state index >= 15 is 0 Å². The molecule has 0 aliphatic rings. The van der Waals surface area contributed by atoms with Crippen LogP contribution in [0.1, 0.15) is 10.4 Å². The number of ketones is 1. The van der Waals surface area contributed by atoms with E-state index in [4.69, 9.17) is 4.74 Å². The van der Waals surface area contributed by atoms with E-state index in [-0.39, 0.29) is 11.3 Å². The van der Waals surface area contributed by atoms with Crippen molar-refractivity contribution in [2.24, 2.45) is 0 Å². The molecule has 0 atom stereocenters. The summed E-state index contributed by atoms with van der Waals surface area (Å²) >= 11 is 2.70. The van der Waals surface area contributed by atoms with Gasteiger partial charge < -0.3 is 4.74 Å². The highest BCUT2D eigenvalue weighted by atomic mass is 32.2. The van der Waals surface area contributed by atoms with Crippen LogP contribution in [0, 0.1) is 5.82 Å². The predicted molar refractivity (Wildman–Crippen MR) is 89.8 cm³/mol. The number of hydrogen-bond donors (Lipinski definition) is 0. The molecule has 0 N–H and O–H groups in total. The van der Waals surface area contributed by atoms with Gasteiger partial charge in [0.15, 0.2) is 6.61 Å². The number of aromatic nitrogens is 2. The fourth-order valence-electron chi connectivity index (χ4n) is 1.96. The van der Waals surface area contributed by atoms with E-state index in [9.17, 15) is 14.0 Å². The van der Waals surface area contributed by atoms with Gasteiger partial charge in [0.2, 0.25) is 5.78 Å². The van der Waals surface area contributed by atoms with Crippen LogP contribution in [0.3, 0.4) is 0 Å². The van der Waals surface area contributed by atoms with E-state index < -0.39 is 24.2 Å². The summed E-state index contributed by atoms with van der Waals surface area (Å²) < 4.78 is 18.4. The summed E-state index contributed by atoms with van der Waals surface area (Å²) in [6, 6.07) is 7.47. The zero-order valence-corrected chi connectivity index (χ0v) is 13.9. The lowest BCUT2D eigenvalue weighted by atomic mass is 10.1. The maximum absolute atomic E-state index is 13.5. The first kappa shape index (κ1) is 16.5. The number of carbonyl (C=O) groups excluding carboxylic acids is 2. The van der Waals surface area contributed by atoms with Gasteiger partial charge in [-0.2, -0.15) is 0 Å². The van der Waals surface area contributed by atoms with Crippen molar-refractivity contribution in [3.8, 4) is 0 Å². The molecule has 1 aromatic carbocycles. The summed E-state index contributed by atoms with van der Waals surface area (Å²) in [6.45, 7) is -0.488. The number of carbonyl (C=O) groups is 2. The molecule has 0 aliphatic heterocycles. The van der Waals surface area contributed by atoms with Crippen LogP contribution in [0.4, 0.5) is 4.39 Å². The maximum Gasteiger partial charge on any atom is 0.316 e. The van der Waals surface area contributed by atoms with Crippen molar-refractivity contribution in [2.45, 2.75) is 5.03 Å². The van der Waals surface area contributed by atoms with E-state index in [2.05, 4.69) is 9.97 Å². The minimum absolute atomic E-state index is 0.00646. The first-order valence-corrected chi connectivity index (χ1v) is 8.76. The van der Waals surface area contributed by atoms with Gasteiger partial charge in [-0.3, -0.25) is 9.59 Å². The van der Waals surface area contributed by atoms with E-state index in [1.54, 1.807) is 6.07 Å². The van der Waals surface area contributed by atoms with Crippen molar-refractivity contribution in [3.05, 3.63) is 53.4 Å². The van der Waals surface area contributed by atoms with Crippen LogP contribution in [-0.2, 0) is 9.53 Å². The lowest BCUT2D eigenvalue weighted by Gasteiger charge is -2.05. The Morgan fingerprint density at radius 3 is 2.88 bits per heavy atom. The van der Waals surface area contributed by atoms with Gasteiger partial charge in [0.05, 0.1) is 11.3 Å². The molecule has 24 heavy (non-hydrogen) atoms. The normalized spacial score (nSPS) is 10.7. The lowest BCUT2D eigenvalue weighted by Crippen LogP contribution is -2.16. The standard InChI is InChI=1S/C16H11FN2O3S2/c17-12-4-2-1-3-10(12)13(20)7-22-14(21)8-24-16-11-5-6-23-15(11)18-9-19-16/h1-6,9H,7-8H2. The molecule has 0 spiro atoms. The number of halogens is 1. The molecule has 0 unspecified atom stereocenters. The Labute approximate surface area is 144 Å². The van der Waals surface area contributed by atoms with Gasteiger partial charge in [0, 0.05) is 5.39 Å². The van der Waals surface area contributed by atoms with Crippen LogP contribution in [0.5, 0.6) is 0 Å². The smallest absolute Gasteiger partial charge is 0.316 e. The number of thiophene rings is 1. The van der Waals surface area contributed by atoms with Crippen LogP contribution in [0.25, 0.3) is 10.2 Å². The summed E-state index contributed by atoms with van der Waals surface area (Å²) in [7, 11) is 0. The molecule has 0 bridgehead atoms. The van der Waals surface area contributed by atoms with Gasteiger partial charge in [0.25, 0.3) is 0 Å². The summed E-state index contributed by atoms with van der Waals surface area (Å²) in [4.78, 5) is 32.7. The molecule has 0 fully saturated rings. The van der Waals surface area contributed by atoms with Gasteiger partial charge >= 0.3 is 5.97 Å². The van der Waals surface area contributed by atoms with E-state index in [1.165, 1.54) is 47.6 Å². The molecule has 0 amide bonds. The van der Waals surface area contributed by atoms with Crippen LogP contribution in [0.2, 0.25) is 0 Å². The Morgan fingerprint density at radius 1 is 1.21 bits per heavy atom. The summed E-state index contributed by atoms with van der Waals surface area (Å²) in [6.07, 6.45) is 1.44. The van der Waals surface area contributed by atoms with Crippen molar-refractivity contribution in [3.63, 3.8) is 0 Å². The predicted octanol–water partition coefficient (Wildman–Crippen LogP) is 3.35. The lowest BCUT2D eigenvalue weighted by molar-refractivity contribution is -0.139. The number of benzene rings is 1. The first-order valence-electron chi connectivity index (χ1n) is 6.89. The summed E-state index contributed by atoms with van der Waals surface area (Å²) in [5.74, 6) is -1.76. The maximum atomic E-state index is 13.5. The average molecular weight is 362 g/mol. The molecule has 122 valence electrons. The monoisotopic (exact) mass is 362 g/mol. The molecule has 2 heterocycles. The minimum Gasteiger partial charge on any atom is -0.457 e. The SMILES string of the molecule is O=C(CSc1ncnc2sccc12)OCC(=O)c1ccccc1F. The third-order valence-electron chi connectivity index (χ3n) is 3.09. The molecule has 3 rings (SSSR count). The molecular weight excluding hydrogens is 351 g/mol. The molecule has 0 aliphatic carbocycles. The van der Waals surface area contributed by atoms with Crippen LogP contribution in [0.15, 0.2) is 47.1 Å². The summed E-state index contributed by atoms with van der Waals surface area (Å²) in [5, 5.41) is 3.45. The first-order chi connectivity index (χ1) is 11.6. The van der Waals surface area contributed by atoms with Crippen molar-refractivity contribution in [1.82, 2.24) is 9.97 Å². The molecule has 0 saturated carbocycles. The van der Waals surface area contributed by atoms with E-state index in [0.717, 1.165) is 10.2 Å². The van der Waals surface area contributed by atoms with Crippen LogP contribution >= 0.6 is 23.1 Å². The van der Waals surface area contributed by atoms with Gasteiger partial charge in [-0.25, -0.2) is 14.4 Å². The summed E-state index contributed by atoms with van der Waals surface area (Å²) in [5.41, 5.74) is -0.0891. The number of esters is 1. The Kier molecular flexibility index (Phi) is 5.17. The number of thioether (sulfide) groups is 1. The third kappa shape index (κ3) is 3.77. The van der Waals surface area contributed by atoms with Gasteiger partial charge in [0.1, 0.15) is 22.0 Å². The number of hydrogen-bond acceptors (Lipinski definition) is 7. The average Bonchev–Trinajstić information content (AvgIpc) is 3.07. The molecule has 3 aromatic rings. The minimum atomic E-state index is -0.631. The van der Waals surface area contributed by atoms with E-state index in [1.807, 2.05) is 11.4 Å². The number of rotatable bonds is 6. The van der Waals surface area contributed by atoms with Crippen LogP contribution < -0.4 is 0 Å². The Morgan fingerprint density at radius 2 is 2.04 bits per heavy atom. The van der Waals surface area contributed by atoms with E-state index in [0.29, 0.717) is 5.03 Å². The number of nitrogens with zero attached hydrogens (tertiary/aromatic N) is 2. The second-order valence-electron chi connectivity index (χ2n) is 4.67. The fraction of sp³-hybridized carbons (Fsp3) is 0.125. The second-order valence-corrected chi connectivity index (χ2v) is 6.53. The third-order valence-corrected chi connectivity index (χ3v) is 4.89. The number of fused-ring (bicyclic) bond motifs is 1. The largest absolute Gasteiger partial charge is 0.457 e. The van der Waals surface area contributed by atoms with Gasteiger partial charge in [-0.1, -0.05) is 23.9 Å². The molecule has 2 aromatic heterocycles. The highest BCUT2D eigenvalue weighted by Crippen LogP contribution is 2.27. The fourth-order valence-corrected chi connectivity index (χ4v) is 3.54. The molecular formula is C16H11FN2O3S2. The van der Waals surface area contributed by atoms with Crippen molar-refractivity contribution < 1.29 is 18.7 Å². The zero-order valence-electron chi connectivity index (χ0n) is 12.3. The zero-order chi connectivity index (χ0) is 16.9. The Bertz CT molecular complexity index is 898. The molecule has 8 heteroatoms. The van der Waals surface area contributed by atoms with Crippen molar-refractivity contribution in [1.29, 1.82) is 0 Å². The second kappa shape index (κ2) is 7.50. The topological polar surface area (TPSA) is 69.2 Å². The number of ether oxygens (including phenoxy) is 1. The quantitative estimate of drug-likeness (QED) is 0.290. The molecule has 0 radical (unpaired) electrons. The van der Waals surface area contributed by atoms with Crippen molar-refractivity contribution in [2.75, 3.05) is 12.4 Å². The van der Waals surface area contributed by atoms with Gasteiger partial charge in [-0.05, 0) is 23.6 Å². The Hall–Kier alpha value is -2.32. The van der Waals surface area contributed by atoms with Crippen LogP contribution in [-0.4, -0.2) is 34.1 Å². The molecule has 5 nitrogen and oxygen atoms in total. The highest BCUT2D eigenvalue weighted by molar-refractivity contribution is 8.00. The highest BCUT2D eigenvalue weighted by Gasteiger charge is 2.14.